The predicted octanol–water partition coefficient (Wildman–Crippen LogP) is 1.83. The smallest absolute Gasteiger partial charge is 0.346 e. The highest BCUT2D eigenvalue weighted by Crippen LogP contribution is 2.27. The molecule has 0 aromatic rings. The summed E-state index contributed by atoms with van der Waals surface area (Å²) in [5, 5.41) is 4.82. The molecule has 1 saturated carbocycles. The van der Waals surface area contributed by atoms with Gasteiger partial charge >= 0.3 is 6.18 Å². The van der Waals surface area contributed by atoms with Crippen molar-refractivity contribution in [2.75, 3.05) is 13.1 Å². The number of carbonyl (C=O) groups excluding carboxylic acids is 1. The van der Waals surface area contributed by atoms with Gasteiger partial charge in [0.1, 0.15) is 6.54 Å². The maximum absolute atomic E-state index is 11.8. The lowest BCUT2D eigenvalue weighted by atomic mass is 10.00. The number of nitrogens with one attached hydrogen (secondary N) is 2. The molecule has 0 aromatic heterocycles. The second-order valence-corrected chi connectivity index (χ2v) is 4.61. The normalized spacial score (nSPS) is 19.3. The predicted molar refractivity (Wildman–Crippen MR) is 58.5 cm³/mol. The summed E-state index contributed by atoms with van der Waals surface area (Å²) < 4.78 is 35.5. The largest absolute Gasteiger partial charge is 0.405 e. The van der Waals surface area contributed by atoms with Gasteiger partial charge < -0.3 is 10.6 Å². The Kier molecular flexibility index (Phi) is 5.24. The first kappa shape index (κ1) is 14.3. The molecule has 0 saturated heterocycles. The van der Waals surface area contributed by atoms with E-state index >= 15 is 0 Å². The number of alkyl halides is 3. The van der Waals surface area contributed by atoms with Crippen molar-refractivity contribution in [2.45, 2.75) is 44.8 Å². The van der Waals surface area contributed by atoms with E-state index in [2.05, 4.69) is 5.32 Å². The summed E-state index contributed by atoms with van der Waals surface area (Å²) in [5.41, 5.74) is 0. The molecule has 1 aliphatic carbocycles. The number of hydrogen-bond acceptors (Lipinski definition) is 2. The van der Waals surface area contributed by atoms with Crippen LogP contribution >= 0.6 is 0 Å². The topological polar surface area (TPSA) is 41.1 Å². The third kappa shape index (κ3) is 5.91. The van der Waals surface area contributed by atoms with Crippen molar-refractivity contribution in [1.29, 1.82) is 0 Å². The monoisotopic (exact) mass is 252 g/mol. The zero-order valence-electron chi connectivity index (χ0n) is 9.94. The van der Waals surface area contributed by atoms with Gasteiger partial charge in [-0.05, 0) is 25.7 Å². The molecule has 0 radical (unpaired) electrons. The molecular formula is C11H19F3N2O. The van der Waals surface area contributed by atoms with Crippen LogP contribution < -0.4 is 10.6 Å². The van der Waals surface area contributed by atoms with Crippen LogP contribution in [0.2, 0.25) is 0 Å². The summed E-state index contributed by atoms with van der Waals surface area (Å²) in [6.45, 7) is 0.673. The summed E-state index contributed by atoms with van der Waals surface area (Å²) in [6, 6.07) is 0.189. The van der Waals surface area contributed by atoms with E-state index < -0.39 is 18.6 Å². The van der Waals surface area contributed by atoms with Crippen molar-refractivity contribution in [2.24, 2.45) is 5.92 Å². The Balaban J connectivity index is 2.14. The molecule has 1 aliphatic rings. The summed E-state index contributed by atoms with van der Waals surface area (Å²) >= 11 is 0. The Labute approximate surface area is 99.1 Å². The van der Waals surface area contributed by atoms with E-state index in [0.29, 0.717) is 5.92 Å². The van der Waals surface area contributed by atoms with Crippen molar-refractivity contribution in [3.05, 3.63) is 0 Å². The third-order valence-electron chi connectivity index (χ3n) is 3.18. The molecule has 1 fully saturated rings. The van der Waals surface area contributed by atoms with Gasteiger partial charge in [0.2, 0.25) is 5.91 Å². The number of amides is 1. The van der Waals surface area contributed by atoms with Gasteiger partial charge in [-0.15, -0.1) is 0 Å². The minimum Gasteiger partial charge on any atom is -0.346 e. The molecular weight excluding hydrogens is 233 g/mol. The number of hydrogen-bond donors (Lipinski definition) is 2. The van der Waals surface area contributed by atoms with Gasteiger partial charge in [-0.2, -0.15) is 13.2 Å². The lowest BCUT2D eigenvalue weighted by Crippen LogP contribution is -2.43. The molecule has 0 unspecified atom stereocenters. The van der Waals surface area contributed by atoms with Crippen molar-refractivity contribution in [3.63, 3.8) is 0 Å². The van der Waals surface area contributed by atoms with Crippen molar-refractivity contribution < 1.29 is 18.0 Å². The molecule has 6 heteroatoms. The Morgan fingerprint density at radius 3 is 2.47 bits per heavy atom. The molecule has 1 amide bonds. The summed E-state index contributed by atoms with van der Waals surface area (Å²) in [7, 11) is 0. The molecule has 0 bridgehead atoms. The molecule has 0 heterocycles. The van der Waals surface area contributed by atoms with Crippen LogP contribution in [0.15, 0.2) is 0 Å². The lowest BCUT2D eigenvalue weighted by molar-refractivity contribution is -0.138. The molecule has 1 rings (SSSR count). The van der Waals surface area contributed by atoms with E-state index in [1.165, 1.54) is 12.8 Å². The van der Waals surface area contributed by atoms with Crippen LogP contribution in [0, 0.1) is 5.92 Å². The minimum absolute atomic E-state index is 0.0479. The van der Waals surface area contributed by atoms with E-state index in [4.69, 9.17) is 0 Å². The molecule has 1 atom stereocenters. The Morgan fingerprint density at radius 1 is 1.35 bits per heavy atom. The van der Waals surface area contributed by atoms with Crippen LogP contribution in [0.5, 0.6) is 0 Å². The summed E-state index contributed by atoms with van der Waals surface area (Å²) in [5.74, 6) is -0.0578. The van der Waals surface area contributed by atoms with Crippen LogP contribution in [0.4, 0.5) is 13.2 Å². The quantitative estimate of drug-likeness (QED) is 0.783. The molecule has 2 N–H and O–H groups in total. The van der Waals surface area contributed by atoms with E-state index in [0.717, 1.165) is 12.8 Å². The van der Waals surface area contributed by atoms with Gasteiger partial charge in [0.05, 0.1) is 6.54 Å². The minimum atomic E-state index is -4.34. The van der Waals surface area contributed by atoms with Gasteiger partial charge in [0, 0.05) is 6.04 Å². The van der Waals surface area contributed by atoms with Crippen LogP contribution in [0.1, 0.15) is 32.6 Å². The molecule has 17 heavy (non-hydrogen) atoms. The third-order valence-corrected chi connectivity index (χ3v) is 3.18. The fourth-order valence-electron chi connectivity index (χ4n) is 2.14. The van der Waals surface area contributed by atoms with Gasteiger partial charge in [-0.25, -0.2) is 0 Å². The number of carbonyl (C=O) groups is 1. The van der Waals surface area contributed by atoms with Crippen molar-refractivity contribution in [1.82, 2.24) is 10.6 Å². The van der Waals surface area contributed by atoms with Gasteiger partial charge in [-0.3, -0.25) is 4.79 Å². The highest BCUT2D eigenvalue weighted by molar-refractivity contribution is 5.78. The molecule has 0 aromatic carbocycles. The summed E-state index contributed by atoms with van der Waals surface area (Å²) in [6.07, 6.45) is 0.345. The van der Waals surface area contributed by atoms with E-state index in [1.807, 2.05) is 12.2 Å². The van der Waals surface area contributed by atoms with E-state index in [1.54, 1.807) is 0 Å². The average Bonchev–Trinajstić information content (AvgIpc) is 2.75. The fraction of sp³-hybridized carbons (Fsp3) is 0.909. The van der Waals surface area contributed by atoms with Crippen molar-refractivity contribution >= 4 is 5.91 Å². The first-order chi connectivity index (χ1) is 7.88. The number of rotatable bonds is 5. The fourth-order valence-corrected chi connectivity index (χ4v) is 2.14. The van der Waals surface area contributed by atoms with Gasteiger partial charge in [-0.1, -0.05) is 12.8 Å². The zero-order valence-corrected chi connectivity index (χ0v) is 9.94. The number of halogens is 3. The second kappa shape index (κ2) is 6.23. The summed E-state index contributed by atoms with van der Waals surface area (Å²) in [4.78, 5) is 11.1. The Hall–Kier alpha value is -0.780. The lowest BCUT2D eigenvalue weighted by Gasteiger charge is -2.20. The van der Waals surface area contributed by atoms with Gasteiger partial charge in [0.15, 0.2) is 0 Å². The first-order valence-corrected chi connectivity index (χ1v) is 5.95. The van der Waals surface area contributed by atoms with Crippen molar-refractivity contribution in [3.8, 4) is 0 Å². The van der Waals surface area contributed by atoms with Gasteiger partial charge in [0.25, 0.3) is 0 Å². The van der Waals surface area contributed by atoms with Crippen LogP contribution in [-0.2, 0) is 4.79 Å². The average molecular weight is 252 g/mol. The second-order valence-electron chi connectivity index (χ2n) is 4.61. The molecule has 100 valence electrons. The highest BCUT2D eigenvalue weighted by atomic mass is 19.4. The zero-order chi connectivity index (χ0) is 12.9. The Bertz CT molecular complexity index is 250. The van der Waals surface area contributed by atoms with Crippen LogP contribution in [0.25, 0.3) is 0 Å². The van der Waals surface area contributed by atoms with E-state index in [9.17, 15) is 18.0 Å². The van der Waals surface area contributed by atoms with E-state index in [-0.39, 0.29) is 12.6 Å². The molecule has 0 aliphatic heterocycles. The SMILES string of the molecule is C[C@H](NCC(=O)NCC(F)(F)F)C1CCCC1. The highest BCUT2D eigenvalue weighted by Gasteiger charge is 2.28. The van der Waals surface area contributed by atoms with Crippen LogP contribution in [0.3, 0.4) is 0 Å². The first-order valence-electron chi connectivity index (χ1n) is 5.95. The maximum Gasteiger partial charge on any atom is 0.405 e. The molecule has 0 spiro atoms. The Morgan fingerprint density at radius 2 is 1.94 bits per heavy atom. The maximum atomic E-state index is 11.8. The van der Waals surface area contributed by atoms with Crippen LogP contribution in [-0.4, -0.2) is 31.2 Å². The standard InChI is InChI=1S/C11H19F3N2O/c1-8(9-4-2-3-5-9)15-6-10(17)16-7-11(12,13)14/h8-9,15H,2-7H2,1H3,(H,16,17)/t8-/m0/s1. The molecule has 3 nitrogen and oxygen atoms in total.